The molecule has 6 N–H and O–H groups in total. The van der Waals surface area contributed by atoms with E-state index in [4.69, 9.17) is 21.1 Å². The van der Waals surface area contributed by atoms with Crippen LogP contribution >= 0.6 is 11.8 Å². The fourth-order valence-corrected chi connectivity index (χ4v) is 3.30. The van der Waals surface area contributed by atoms with Crippen LogP contribution in [0.3, 0.4) is 0 Å². The molecule has 0 heterocycles. The molecular formula is C21H31NO7S. The van der Waals surface area contributed by atoms with Crippen molar-refractivity contribution in [1.82, 2.24) is 0 Å². The van der Waals surface area contributed by atoms with Crippen LogP contribution in [0.15, 0.2) is 48.6 Å². The van der Waals surface area contributed by atoms with E-state index in [9.17, 15) is 19.5 Å². The van der Waals surface area contributed by atoms with E-state index in [1.54, 1.807) is 24.3 Å². The van der Waals surface area contributed by atoms with Gasteiger partial charge in [0.1, 0.15) is 6.04 Å². The SMILES string of the molecule is N[C@@H](CS[C@H](/C=C/C=C/C=C\C/C=C\CCC(=O)O)[C@@H](O)CCCC(=O)O)C(=O)O. The van der Waals surface area contributed by atoms with Crippen LogP contribution in [0.4, 0.5) is 0 Å². The van der Waals surface area contributed by atoms with Crippen molar-refractivity contribution in [3.05, 3.63) is 48.6 Å². The first-order chi connectivity index (χ1) is 14.2. The van der Waals surface area contributed by atoms with Crippen molar-refractivity contribution in [2.45, 2.75) is 55.9 Å². The van der Waals surface area contributed by atoms with Crippen LogP contribution in [0, 0.1) is 0 Å². The summed E-state index contributed by atoms with van der Waals surface area (Å²) in [6.45, 7) is 0. The predicted molar refractivity (Wildman–Crippen MR) is 117 cm³/mol. The average molecular weight is 442 g/mol. The van der Waals surface area contributed by atoms with E-state index in [0.717, 1.165) is 0 Å². The van der Waals surface area contributed by atoms with Gasteiger partial charge in [-0.15, -0.1) is 11.8 Å². The second-order valence-electron chi connectivity index (χ2n) is 6.43. The van der Waals surface area contributed by atoms with Crippen LogP contribution in [0.1, 0.15) is 38.5 Å². The van der Waals surface area contributed by atoms with E-state index in [1.807, 2.05) is 24.3 Å². The van der Waals surface area contributed by atoms with E-state index in [2.05, 4.69) is 0 Å². The smallest absolute Gasteiger partial charge is 0.321 e. The van der Waals surface area contributed by atoms with Gasteiger partial charge in [-0.25, -0.2) is 0 Å². The highest BCUT2D eigenvalue weighted by molar-refractivity contribution is 8.00. The van der Waals surface area contributed by atoms with Gasteiger partial charge in [0.15, 0.2) is 0 Å². The molecule has 0 aromatic heterocycles. The van der Waals surface area contributed by atoms with Gasteiger partial charge < -0.3 is 26.2 Å². The highest BCUT2D eigenvalue weighted by atomic mass is 32.2. The lowest BCUT2D eigenvalue weighted by molar-refractivity contribution is -0.138. The Morgan fingerprint density at radius 3 is 2.20 bits per heavy atom. The largest absolute Gasteiger partial charge is 0.481 e. The summed E-state index contributed by atoms with van der Waals surface area (Å²) in [5.41, 5.74) is 5.51. The van der Waals surface area contributed by atoms with Crippen LogP contribution < -0.4 is 5.73 Å². The lowest BCUT2D eigenvalue weighted by Crippen LogP contribution is -2.34. The number of aliphatic hydroxyl groups excluding tert-OH is 1. The molecule has 0 amide bonds. The predicted octanol–water partition coefficient (Wildman–Crippen LogP) is 2.60. The third-order valence-corrected chi connectivity index (χ3v) is 5.20. The quantitative estimate of drug-likeness (QED) is 0.169. The first-order valence-corrected chi connectivity index (χ1v) is 10.7. The number of allylic oxidation sites excluding steroid dienone is 7. The summed E-state index contributed by atoms with van der Waals surface area (Å²) in [6.07, 6.45) is 15.5. The Morgan fingerprint density at radius 1 is 0.900 bits per heavy atom. The number of aliphatic carboxylic acids is 3. The van der Waals surface area contributed by atoms with Crippen molar-refractivity contribution in [3.8, 4) is 0 Å². The average Bonchev–Trinajstić information content (AvgIpc) is 2.67. The maximum absolute atomic E-state index is 10.9. The molecule has 168 valence electrons. The summed E-state index contributed by atoms with van der Waals surface area (Å²) in [5, 5.41) is 36.0. The Bertz CT molecular complexity index is 643. The van der Waals surface area contributed by atoms with Gasteiger partial charge in [0.2, 0.25) is 0 Å². The van der Waals surface area contributed by atoms with Gasteiger partial charge in [-0.3, -0.25) is 14.4 Å². The number of carboxylic acids is 3. The maximum Gasteiger partial charge on any atom is 0.321 e. The standard InChI is InChI=1S/C21H31NO7S/c22-16(21(28)29)15-30-18(17(23)11-10-14-20(26)27)12-8-6-4-2-1-3-5-7-9-13-19(24)25/h1-2,4-8,12,16-18,23H,3,9-11,13-15,22H2,(H,24,25)(H,26,27)(H,28,29)/b2-1-,6-4+,7-5-,12-8+/t16-,17-,18+/m0/s1. The van der Waals surface area contributed by atoms with Crippen LogP contribution in [-0.4, -0.2) is 61.5 Å². The Balaban J connectivity index is 4.56. The molecule has 9 heteroatoms. The summed E-state index contributed by atoms with van der Waals surface area (Å²) in [7, 11) is 0. The van der Waals surface area contributed by atoms with Gasteiger partial charge >= 0.3 is 17.9 Å². The molecule has 0 aromatic rings. The second kappa shape index (κ2) is 17.5. The van der Waals surface area contributed by atoms with Crippen molar-refractivity contribution < 1.29 is 34.8 Å². The van der Waals surface area contributed by atoms with Crippen molar-refractivity contribution in [2.75, 3.05) is 5.75 Å². The Hall–Kier alpha value is -2.36. The summed E-state index contributed by atoms with van der Waals surface area (Å²) < 4.78 is 0. The number of carboxylic acid groups (broad SMARTS) is 3. The molecule has 30 heavy (non-hydrogen) atoms. The summed E-state index contributed by atoms with van der Waals surface area (Å²) in [5.74, 6) is -2.75. The molecule has 0 fully saturated rings. The van der Waals surface area contributed by atoms with E-state index >= 15 is 0 Å². The number of aliphatic hydroxyl groups is 1. The normalized spacial score (nSPS) is 15.3. The van der Waals surface area contributed by atoms with Gasteiger partial charge in [-0.05, 0) is 25.7 Å². The van der Waals surface area contributed by atoms with Gasteiger partial charge in [0.25, 0.3) is 0 Å². The highest BCUT2D eigenvalue weighted by Crippen LogP contribution is 2.21. The van der Waals surface area contributed by atoms with Gasteiger partial charge in [0.05, 0.1) is 6.10 Å². The molecule has 0 radical (unpaired) electrons. The van der Waals surface area contributed by atoms with Crippen LogP contribution in [0.25, 0.3) is 0 Å². The molecule has 0 saturated carbocycles. The summed E-state index contributed by atoms with van der Waals surface area (Å²) >= 11 is 1.21. The zero-order valence-corrected chi connectivity index (χ0v) is 17.6. The second-order valence-corrected chi connectivity index (χ2v) is 7.64. The minimum Gasteiger partial charge on any atom is -0.481 e. The summed E-state index contributed by atoms with van der Waals surface area (Å²) in [4.78, 5) is 31.9. The van der Waals surface area contributed by atoms with Crippen LogP contribution in [-0.2, 0) is 14.4 Å². The molecule has 0 aliphatic rings. The fourth-order valence-electron chi connectivity index (χ4n) is 2.17. The van der Waals surface area contributed by atoms with Crippen LogP contribution in [0.5, 0.6) is 0 Å². The molecule has 0 bridgehead atoms. The van der Waals surface area contributed by atoms with Gasteiger partial charge in [-0.2, -0.15) is 0 Å². The number of hydrogen-bond acceptors (Lipinski definition) is 6. The first kappa shape index (κ1) is 27.6. The lowest BCUT2D eigenvalue weighted by Gasteiger charge is -2.20. The molecule has 0 aromatic carbocycles. The van der Waals surface area contributed by atoms with Gasteiger partial charge in [-0.1, -0.05) is 48.6 Å². The Morgan fingerprint density at radius 2 is 1.57 bits per heavy atom. The molecule has 8 nitrogen and oxygen atoms in total. The Kier molecular flexibility index (Phi) is 16.1. The number of nitrogens with two attached hydrogens (primary N) is 1. The third kappa shape index (κ3) is 16.6. The zero-order chi connectivity index (χ0) is 22.8. The number of thioether (sulfide) groups is 1. The molecule has 0 aliphatic heterocycles. The lowest BCUT2D eigenvalue weighted by atomic mass is 10.1. The van der Waals surface area contributed by atoms with E-state index in [1.165, 1.54) is 11.8 Å². The van der Waals surface area contributed by atoms with E-state index in [0.29, 0.717) is 19.3 Å². The van der Waals surface area contributed by atoms with E-state index in [-0.39, 0.29) is 25.0 Å². The van der Waals surface area contributed by atoms with Crippen molar-refractivity contribution in [2.24, 2.45) is 5.73 Å². The molecule has 0 unspecified atom stereocenters. The number of rotatable bonds is 17. The van der Waals surface area contributed by atoms with Crippen molar-refractivity contribution in [3.63, 3.8) is 0 Å². The monoisotopic (exact) mass is 441 g/mol. The minimum atomic E-state index is -1.12. The van der Waals surface area contributed by atoms with Crippen molar-refractivity contribution in [1.29, 1.82) is 0 Å². The zero-order valence-electron chi connectivity index (χ0n) is 16.8. The highest BCUT2D eigenvalue weighted by Gasteiger charge is 2.20. The first-order valence-electron chi connectivity index (χ1n) is 9.60. The number of carbonyl (C=O) groups is 3. The molecule has 0 spiro atoms. The minimum absolute atomic E-state index is 0.0394. The molecule has 3 atom stereocenters. The van der Waals surface area contributed by atoms with Gasteiger partial charge in [0, 0.05) is 23.8 Å². The topological polar surface area (TPSA) is 158 Å². The van der Waals surface area contributed by atoms with Crippen LogP contribution in [0.2, 0.25) is 0 Å². The number of hydrogen-bond donors (Lipinski definition) is 5. The molecule has 0 saturated heterocycles. The fraction of sp³-hybridized carbons (Fsp3) is 0.476. The molecule has 0 aliphatic carbocycles. The third-order valence-electron chi connectivity index (χ3n) is 3.79. The Labute approximate surface area is 180 Å². The van der Waals surface area contributed by atoms with E-state index < -0.39 is 35.3 Å². The maximum atomic E-state index is 10.9. The summed E-state index contributed by atoms with van der Waals surface area (Å²) in [6, 6.07) is -1.04. The van der Waals surface area contributed by atoms with Crippen molar-refractivity contribution >= 4 is 29.7 Å². The molecular weight excluding hydrogens is 410 g/mol. The molecule has 0 rings (SSSR count).